The molecule has 16 rings (SSSR count). The van der Waals surface area contributed by atoms with Crippen LogP contribution in [0.15, 0.2) is 62.0 Å². The van der Waals surface area contributed by atoms with E-state index in [1.165, 1.54) is 19.1 Å². The first-order valence-corrected chi connectivity index (χ1v) is 38.9. The topological polar surface area (TPSA) is 361 Å². The molecular formula is C70H98Cl2N28O4S. The van der Waals surface area contributed by atoms with E-state index in [1.54, 1.807) is 60.9 Å². The molecule has 0 radical (unpaired) electrons. The fourth-order valence-corrected chi connectivity index (χ4v) is 17.7. The molecule has 8 aromatic heterocycles. The predicted octanol–water partition coefficient (Wildman–Crippen LogP) is 8.57. The average Bonchev–Trinajstić information content (AvgIpc) is 1.56. The van der Waals surface area contributed by atoms with Crippen LogP contribution in [0.5, 0.6) is 0 Å². The maximum atomic E-state index is 11.9. The Kier molecular flexibility index (Phi) is 22.6. The van der Waals surface area contributed by atoms with E-state index in [2.05, 4.69) is 108 Å². The molecule has 12 heterocycles. The lowest BCUT2D eigenvalue weighted by Crippen LogP contribution is -2.30. The van der Waals surface area contributed by atoms with Crippen molar-refractivity contribution in [3.63, 3.8) is 0 Å². The second-order valence-electron chi connectivity index (χ2n) is 29.8. The molecule has 0 spiro atoms. The molecule has 562 valence electrons. The molecule has 2 amide bonds. The van der Waals surface area contributed by atoms with Gasteiger partial charge in [-0.3, -0.25) is 28.3 Å². The molecule has 4 saturated carbocycles. The van der Waals surface area contributed by atoms with Gasteiger partial charge in [0.1, 0.15) is 21.7 Å². The van der Waals surface area contributed by atoms with E-state index in [9.17, 15) is 18.0 Å². The summed E-state index contributed by atoms with van der Waals surface area (Å²) in [5.41, 5.74) is 7.27. The van der Waals surface area contributed by atoms with Gasteiger partial charge in [-0.25, -0.2) is 32.7 Å². The van der Waals surface area contributed by atoms with Gasteiger partial charge in [0.05, 0.1) is 65.2 Å². The number of carbonyl (C=O) groups is 2. The summed E-state index contributed by atoms with van der Waals surface area (Å²) in [6.45, 7) is 18.6. The van der Waals surface area contributed by atoms with Crippen molar-refractivity contribution in [1.29, 1.82) is 0 Å². The smallest absolute Gasteiger partial charge is 0.229 e. The second-order valence-corrected chi connectivity index (χ2v) is 32.6. The first-order chi connectivity index (χ1) is 50.3. The number of nitrogens with one attached hydrogen (secondary N) is 9. The Labute approximate surface area is 622 Å². The molecule has 4 saturated heterocycles. The van der Waals surface area contributed by atoms with Crippen LogP contribution in [-0.2, 0) is 47.8 Å². The minimum Gasteiger partial charge on any atom is -0.367 e. The van der Waals surface area contributed by atoms with Gasteiger partial charge in [-0.2, -0.15) is 40.3 Å². The molecule has 35 heteroatoms. The third-order valence-electron chi connectivity index (χ3n) is 21.7. The number of amides is 2. The van der Waals surface area contributed by atoms with Crippen LogP contribution in [0.25, 0.3) is 0 Å². The average molecular weight is 1500 g/mol. The van der Waals surface area contributed by atoms with E-state index < -0.39 is 10.0 Å². The Bertz CT molecular complexity index is 4460. The molecule has 8 unspecified atom stereocenters. The van der Waals surface area contributed by atoms with E-state index in [1.807, 2.05) is 104 Å². The zero-order chi connectivity index (χ0) is 74.0. The highest BCUT2D eigenvalue weighted by atomic mass is 35.5. The number of aryl methyl sites for hydroxylation is 8. The monoisotopic (exact) mass is 1500 g/mol. The lowest BCUT2D eigenvalue weighted by Gasteiger charge is -2.20. The van der Waals surface area contributed by atoms with Crippen LogP contribution in [-0.4, -0.2) is 196 Å². The van der Waals surface area contributed by atoms with E-state index in [0.29, 0.717) is 125 Å². The summed E-state index contributed by atoms with van der Waals surface area (Å²) in [4.78, 5) is 63.1. The van der Waals surface area contributed by atoms with E-state index in [0.717, 1.165) is 147 Å². The number of aromatic nitrogens is 16. The minimum atomic E-state index is -3.08. The molecule has 9 N–H and O–H groups in total. The first kappa shape index (κ1) is 74.2. The molecular weight excluding hydrogens is 1400 g/mol. The number of likely N-dealkylation sites (tertiary alicyclic amines) is 2. The van der Waals surface area contributed by atoms with Crippen LogP contribution in [0.2, 0.25) is 10.0 Å². The molecule has 4 aliphatic heterocycles. The molecule has 0 bridgehead atoms. The standard InChI is InChI=1S/C19H26ClN7O.C18H25N7O.C17H25N7O2S.C16H22ClN7/c1-4-17(28)27-8-12-5-14(6-13(12)9-27)22-18-15(20)7-21-19(24-18)23-16-10-26(3)25-11(16)2;1-11-6-19-18(22-16-7-20-24(3)10-16)23-17(11)21-15-4-13-8-25(12(2)26)9-14(13)5-15;1-11-6-18-17(21-15-7-19-23(2)10-15)22-16(11)20-14-4-12-8-24(27(3,25)26)9-13(12)5-14;1-9-14(8-24(2)23-9)21-16-19-7-13(17)15(22-16)20-12-3-10-5-18-6-11(10)4-12/h7,10,12-14H,4-6,8-9H2,1-3H3,(H2,21,22,23,24);6-7,10,13-15H,4-5,8-9H2,1-3H3,(H2,19,21,22,23);6-7,10,12-14H,4-5,8-9H2,1-3H3,(H2,18,20,21,22);7-8,10-12,18H,3-6H2,1-2H3,(H2,19,20,21,22). The van der Waals surface area contributed by atoms with Crippen LogP contribution in [0.3, 0.4) is 0 Å². The molecule has 8 aromatic rings. The third kappa shape index (κ3) is 18.4. The first-order valence-electron chi connectivity index (χ1n) is 36.3. The van der Waals surface area contributed by atoms with Crippen molar-refractivity contribution in [2.75, 3.05) is 101 Å². The molecule has 8 fully saturated rings. The summed E-state index contributed by atoms with van der Waals surface area (Å²) < 4.78 is 32.1. The van der Waals surface area contributed by atoms with E-state index >= 15 is 0 Å². The molecule has 4 aliphatic carbocycles. The largest absolute Gasteiger partial charge is 0.367 e. The number of hydrogen-bond donors (Lipinski definition) is 9. The maximum Gasteiger partial charge on any atom is 0.229 e. The predicted molar refractivity (Wildman–Crippen MR) is 406 cm³/mol. The van der Waals surface area contributed by atoms with Gasteiger partial charge in [0, 0.05) is 153 Å². The summed E-state index contributed by atoms with van der Waals surface area (Å²) >= 11 is 12.6. The summed E-state index contributed by atoms with van der Waals surface area (Å²) in [7, 11) is 4.41. The van der Waals surface area contributed by atoms with Gasteiger partial charge >= 0.3 is 0 Å². The highest BCUT2D eigenvalue weighted by Gasteiger charge is 2.46. The van der Waals surface area contributed by atoms with Crippen LogP contribution in [0, 0.1) is 75.0 Å². The molecule has 0 aromatic carbocycles. The second kappa shape index (κ2) is 32.0. The third-order valence-corrected chi connectivity index (χ3v) is 23.5. The van der Waals surface area contributed by atoms with E-state index in [4.69, 9.17) is 23.2 Å². The van der Waals surface area contributed by atoms with E-state index in [-0.39, 0.29) is 11.8 Å². The van der Waals surface area contributed by atoms with Crippen molar-refractivity contribution in [3.8, 4) is 0 Å². The number of halogens is 2. The molecule has 8 aliphatic rings. The van der Waals surface area contributed by atoms with Gasteiger partial charge in [-0.15, -0.1) is 0 Å². The summed E-state index contributed by atoms with van der Waals surface area (Å²) in [5.74, 6) is 10.3. The van der Waals surface area contributed by atoms with Gasteiger partial charge in [-0.05, 0) is 139 Å². The number of carbonyl (C=O) groups excluding carboxylic acids is 2. The highest BCUT2D eigenvalue weighted by molar-refractivity contribution is 7.88. The SMILES string of the molecule is CC(=O)N1CC2CC(Nc3nc(Nc4cnn(C)c4)ncc3C)CC2C1.CCC(=O)N1CC2CC(Nc3nc(Nc4cn(C)nc4C)ncc3Cl)CC2C1.Cc1cnc(Nc2cnn(C)c2)nc1NC1CC2CN(S(C)(=O)=O)CC2C1.Cc1nn(C)cc1Nc1ncc(Cl)c(NC2CC3CNCC3C2)n1. The summed E-state index contributed by atoms with van der Waals surface area (Å²) in [5, 5.41) is 48.3. The highest BCUT2D eigenvalue weighted by Crippen LogP contribution is 2.44. The fraction of sp³-hybridized carbons (Fsp3) is 0.571. The van der Waals surface area contributed by atoms with Crippen LogP contribution in [0.4, 0.5) is 69.8 Å². The Morgan fingerprint density at radius 1 is 0.476 bits per heavy atom. The molecule has 105 heavy (non-hydrogen) atoms. The normalized spacial score (nSPS) is 24.8. The number of rotatable bonds is 18. The molecule has 32 nitrogen and oxygen atoms in total. The number of nitrogens with zero attached hydrogens (tertiary/aromatic N) is 19. The van der Waals surface area contributed by atoms with Crippen LogP contribution < -0.4 is 47.9 Å². The van der Waals surface area contributed by atoms with Gasteiger partial charge < -0.3 is 57.7 Å². The molecule has 8 atom stereocenters. The van der Waals surface area contributed by atoms with Crippen LogP contribution in [0.1, 0.15) is 94.1 Å². The van der Waals surface area contributed by atoms with Gasteiger partial charge in [0.25, 0.3) is 0 Å². The Hall–Kier alpha value is -9.05. The number of sulfonamides is 1. The van der Waals surface area contributed by atoms with Crippen molar-refractivity contribution < 1.29 is 18.0 Å². The van der Waals surface area contributed by atoms with Gasteiger partial charge in [0.15, 0.2) is 11.6 Å². The number of fused-ring (bicyclic) bond motifs is 4. The van der Waals surface area contributed by atoms with Crippen LogP contribution >= 0.6 is 23.2 Å². The lowest BCUT2D eigenvalue weighted by atomic mass is 10.0. The van der Waals surface area contributed by atoms with Crippen molar-refractivity contribution >= 4 is 115 Å². The van der Waals surface area contributed by atoms with Crippen molar-refractivity contribution in [1.82, 2.24) is 98.4 Å². The Morgan fingerprint density at radius 2 is 0.829 bits per heavy atom. The van der Waals surface area contributed by atoms with Crippen molar-refractivity contribution in [2.45, 2.75) is 123 Å². The van der Waals surface area contributed by atoms with Gasteiger partial charge in [-0.1, -0.05) is 30.1 Å². The Balaban J connectivity index is 0.000000124. The summed E-state index contributed by atoms with van der Waals surface area (Å²) in [6, 6.07) is 1.46. The fourth-order valence-electron chi connectivity index (χ4n) is 16.5. The summed E-state index contributed by atoms with van der Waals surface area (Å²) in [6.07, 6.45) is 28.3. The minimum absolute atomic E-state index is 0.196. The number of anilines is 12. The zero-order valence-electron chi connectivity index (χ0n) is 61.5. The zero-order valence-corrected chi connectivity index (χ0v) is 63.8. The lowest BCUT2D eigenvalue weighted by molar-refractivity contribution is -0.130. The van der Waals surface area contributed by atoms with Crippen molar-refractivity contribution in [2.24, 2.45) is 75.5 Å². The quantitative estimate of drug-likeness (QED) is 0.0388. The maximum absolute atomic E-state index is 11.9. The van der Waals surface area contributed by atoms with Gasteiger partial charge in [0.2, 0.25) is 45.6 Å². The Morgan fingerprint density at radius 3 is 1.18 bits per heavy atom. The van der Waals surface area contributed by atoms with Crippen molar-refractivity contribution in [3.05, 3.63) is 94.5 Å². The number of hydrogen-bond acceptors (Lipinski definition) is 25.